The number of nitrogens with zero attached hydrogens (tertiary/aromatic N) is 2. The molecule has 3 aromatic rings. The Balaban J connectivity index is 1.54. The largest absolute Gasteiger partial charge is 0.493 e. The minimum Gasteiger partial charge on any atom is -0.493 e. The van der Waals surface area contributed by atoms with Crippen LogP contribution in [-0.2, 0) is 4.79 Å². The topological polar surface area (TPSA) is 41.9 Å². The number of carbonyl (C=O) groups excluding carboxylic acids is 1. The maximum Gasteiger partial charge on any atom is 0.267 e. The van der Waals surface area contributed by atoms with Gasteiger partial charge in [-0.15, -0.1) is 0 Å². The molecule has 0 spiro atoms. The average Bonchev–Trinajstić information content (AvgIpc) is 3.18. The molecule has 2 aliphatic rings. The van der Waals surface area contributed by atoms with Crippen molar-refractivity contribution in [1.29, 1.82) is 0 Å². The van der Waals surface area contributed by atoms with Crippen molar-refractivity contribution in [2.45, 2.75) is 52.5 Å². The molecule has 1 aliphatic carbocycles. The Hall–Kier alpha value is -3.05. The van der Waals surface area contributed by atoms with Gasteiger partial charge in [-0.2, -0.15) is 0 Å². The van der Waals surface area contributed by atoms with Crippen LogP contribution < -0.4 is 4.74 Å². The highest BCUT2D eigenvalue weighted by Crippen LogP contribution is 2.41. The first-order valence-corrected chi connectivity index (χ1v) is 13.8. The number of thioether (sulfide) groups is 1. The normalized spacial score (nSPS) is 22.8. The maximum absolute atomic E-state index is 13.9. The minimum atomic E-state index is 0.0673. The fourth-order valence-corrected chi connectivity index (χ4v) is 6.13. The Morgan fingerprint density at radius 3 is 2.47 bits per heavy atom. The predicted molar refractivity (Wildman–Crippen MR) is 152 cm³/mol. The van der Waals surface area contributed by atoms with Crippen molar-refractivity contribution in [2.24, 2.45) is 16.8 Å². The van der Waals surface area contributed by atoms with Crippen LogP contribution in [0.25, 0.3) is 16.8 Å². The lowest BCUT2D eigenvalue weighted by Gasteiger charge is -2.35. The zero-order valence-electron chi connectivity index (χ0n) is 21.3. The molecule has 0 N–H and O–H groups in total. The monoisotopic (exact) mass is 498 g/mol. The molecular weight excluding hydrogens is 464 g/mol. The third kappa shape index (κ3) is 5.22. The van der Waals surface area contributed by atoms with Crippen LogP contribution in [0.5, 0.6) is 5.75 Å². The van der Waals surface area contributed by atoms with Gasteiger partial charge in [0, 0.05) is 11.4 Å². The van der Waals surface area contributed by atoms with Crippen molar-refractivity contribution in [2.75, 3.05) is 6.61 Å². The van der Waals surface area contributed by atoms with Crippen LogP contribution in [0.3, 0.4) is 0 Å². The maximum atomic E-state index is 13.9. The first-order chi connectivity index (χ1) is 17.5. The molecule has 36 heavy (non-hydrogen) atoms. The number of fused-ring (bicyclic) bond motifs is 1. The lowest BCUT2D eigenvalue weighted by molar-refractivity contribution is -0.124. The molecule has 0 radical (unpaired) electrons. The fourth-order valence-electron chi connectivity index (χ4n) is 5.09. The van der Waals surface area contributed by atoms with Crippen molar-refractivity contribution in [3.63, 3.8) is 0 Å². The summed E-state index contributed by atoms with van der Waals surface area (Å²) in [6.07, 6.45) is 6.61. The number of benzene rings is 3. The fraction of sp³-hybridized carbons (Fsp3) is 0.355. The third-order valence-electron chi connectivity index (χ3n) is 6.99. The van der Waals surface area contributed by atoms with Gasteiger partial charge in [0.1, 0.15) is 5.75 Å². The Bertz CT molecular complexity index is 1300. The van der Waals surface area contributed by atoms with Gasteiger partial charge in [-0.3, -0.25) is 9.69 Å². The van der Waals surface area contributed by atoms with Crippen LogP contribution in [0, 0.1) is 11.8 Å². The van der Waals surface area contributed by atoms with Crippen LogP contribution >= 0.6 is 11.8 Å². The van der Waals surface area contributed by atoms with Crippen molar-refractivity contribution in [3.05, 3.63) is 77.2 Å². The van der Waals surface area contributed by atoms with E-state index in [0.29, 0.717) is 18.4 Å². The lowest BCUT2D eigenvalue weighted by Crippen LogP contribution is -2.44. The molecule has 186 valence electrons. The molecule has 5 heteroatoms. The smallest absolute Gasteiger partial charge is 0.267 e. The molecular formula is C31H34N2O2S. The third-order valence-corrected chi connectivity index (χ3v) is 7.98. The quantitative estimate of drug-likeness (QED) is 0.323. The van der Waals surface area contributed by atoms with Gasteiger partial charge >= 0.3 is 0 Å². The van der Waals surface area contributed by atoms with E-state index < -0.39 is 0 Å². The number of aliphatic imine (C=N–C) groups is 1. The Morgan fingerprint density at radius 2 is 1.72 bits per heavy atom. The van der Waals surface area contributed by atoms with Gasteiger partial charge in [0.2, 0.25) is 0 Å². The summed E-state index contributed by atoms with van der Waals surface area (Å²) in [6, 6.07) is 22.5. The molecule has 2 atom stereocenters. The van der Waals surface area contributed by atoms with E-state index in [2.05, 4.69) is 39.0 Å². The number of amidine groups is 1. The molecule has 0 bridgehead atoms. The molecule has 0 aromatic heterocycles. The highest BCUT2D eigenvalue weighted by molar-refractivity contribution is 8.18. The van der Waals surface area contributed by atoms with E-state index in [1.807, 2.05) is 59.5 Å². The summed E-state index contributed by atoms with van der Waals surface area (Å²) in [5.74, 6) is 1.86. The van der Waals surface area contributed by atoms with Crippen molar-refractivity contribution >= 4 is 45.4 Å². The van der Waals surface area contributed by atoms with Crippen molar-refractivity contribution in [1.82, 2.24) is 4.90 Å². The molecule has 1 saturated carbocycles. The summed E-state index contributed by atoms with van der Waals surface area (Å²) >= 11 is 1.50. The molecule has 4 nitrogen and oxygen atoms in total. The van der Waals surface area contributed by atoms with E-state index in [4.69, 9.17) is 9.73 Å². The number of rotatable bonds is 6. The Labute approximate surface area is 218 Å². The van der Waals surface area contributed by atoms with Gasteiger partial charge in [-0.05, 0) is 71.7 Å². The second-order valence-corrected chi connectivity index (χ2v) is 11.3. The van der Waals surface area contributed by atoms with Crippen LogP contribution in [0.1, 0.15) is 52.0 Å². The number of ether oxygens (including phenoxy) is 1. The van der Waals surface area contributed by atoms with E-state index in [9.17, 15) is 4.79 Å². The predicted octanol–water partition coefficient (Wildman–Crippen LogP) is 8.06. The molecule has 0 unspecified atom stereocenters. The standard InChI is InChI=1S/C31H34N2O2S/c1-21(2)20-35-28-18-17-23(25-14-8-9-15-26(25)28)19-29-30(34)33(27-16-10-7-11-22(27)3)31(36-29)32-24-12-5-4-6-13-24/h4-6,8-9,12-15,17-19,21-22,27H,7,10-11,16,20H2,1-3H3/b29-19-,32-31?/t22-,27-/m1/s1. The van der Waals surface area contributed by atoms with Gasteiger partial charge in [0.15, 0.2) is 5.17 Å². The van der Waals surface area contributed by atoms with Gasteiger partial charge in [0.05, 0.1) is 17.2 Å². The highest BCUT2D eigenvalue weighted by atomic mass is 32.2. The molecule has 1 aliphatic heterocycles. The number of carbonyl (C=O) groups is 1. The second kappa shape index (κ2) is 10.9. The lowest BCUT2D eigenvalue weighted by atomic mass is 9.85. The van der Waals surface area contributed by atoms with E-state index in [1.165, 1.54) is 18.2 Å². The minimum absolute atomic E-state index is 0.0673. The molecule has 1 saturated heterocycles. The molecule has 5 rings (SSSR count). The molecule has 3 aromatic carbocycles. The van der Waals surface area contributed by atoms with Crippen molar-refractivity contribution < 1.29 is 9.53 Å². The van der Waals surface area contributed by atoms with Crippen LogP contribution in [0.4, 0.5) is 5.69 Å². The van der Waals surface area contributed by atoms with Gasteiger partial charge < -0.3 is 4.74 Å². The van der Waals surface area contributed by atoms with Crippen molar-refractivity contribution in [3.8, 4) is 5.75 Å². The first kappa shape index (κ1) is 24.6. The Morgan fingerprint density at radius 1 is 1.00 bits per heavy atom. The molecule has 1 amide bonds. The van der Waals surface area contributed by atoms with E-state index in [-0.39, 0.29) is 11.9 Å². The van der Waals surface area contributed by atoms with Crippen LogP contribution in [0.2, 0.25) is 0 Å². The summed E-state index contributed by atoms with van der Waals surface area (Å²) in [5, 5.41) is 2.95. The second-order valence-electron chi connectivity index (χ2n) is 10.2. The first-order valence-electron chi connectivity index (χ1n) is 13.0. The van der Waals surface area contributed by atoms with Crippen LogP contribution in [0.15, 0.2) is 76.6 Å². The Kier molecular flexibility index (Phi) is 7.47. The molecule has 2 fully saturated rings. The summed E-state index contributed by atoms with van der Waals surface area (Å²) in [6.45, 7) is 7.24. The van der Waals surface area contributed by atoms with E-state index >= 15 is 0 Å². The van der Waals surface area contributed by atoms with Gasteiger partial charge in [0.25, 0.3) is 5.91 Å². The van der Waals surface area contributed by atoms with Gasteiger partial charge in [-0.1, -0.05) is 82.1 Å². The zero-order valence-corrected chi connectivity index (χ0v) is 22.1. The van der Waals surface area contributed by atoms with E-state index in [1.54, 1.807) is 0 Å². The zero-order chi connectivity index (χ0) is 25.1. The SMILES string of the molecule is CC(C)COc1ccc(/C=C2\SC(=Nc3ccccc3)N([C@@H]3CCCC[C@H]3C)C2=O)c2ccccc12. The summed E-state index contributed by atoms with van der Waals surface area (Å²) in [5.41, 5.74) is 1.90. The van der Waals surface area contributed by atoms with Crippen LogP contribution in [-0.4, -0.2) is 28.6 Å². The summed E-state index contributed by atoms with van der Waals surface area (Å²) < 4.78 is 6.10. The summed E-state index contributed by atoms with van der Waals surface area (Å²) in [4.78, 5) is 21.5. The van der Waals surface area contributed by atoms with E-state index in [0.717, 1.165) is 57.1 Å². The van der Waals surface area contributed by atoms with Gasteiger partial charge in [-0.25, -0.2) is 4.99 Å². The molecule has 1 heterocycles. The number of hydrogen-bond donors (Lipinski definition) is 0. The number of para-hydroxylation sites is 1. The number of hydrogen-bond acceptors (Lipinski definition) is 4. The average molecular weight is 499 g/mol. The summed E-state index contributed by atoms with van der Waals surface area (Å²) in [7, 11) is 0. The number of amides is 1. The highest BCUT2D eigenvalue weighted by Gasteiger charge is 2.41.